The molecule has 0 spiro atoms. The van der Waals surface area contributed by atoms with E-state index in [-0.39, 0.29) is 12.3 Å². The largest absolute Gasteiger partial charge is 0.481 e. The van der Waals surface area contributed by atoms with Gasteiger partial charge >= 0.3 is 17.9 Å². The number of carboxylic acid groups (broad SMARTS) is 3. The van der Waals surface area contributed by atoms with E-state index in [1.54, 1.807) is 26.0 Å². The van der Waals surface area contributed by atoms with E-state index in [1.165, 1.54) is 6.08 Å². The summed E-state index contributed by atoms with van der Waals surface area (Å²) in [5, 5.41) is 29.7. The van der Waals surface area contributed by atoms with Crippen LogP contribution < -0.4 is 5.32 Å². The van der Waals surface area contributed by atoms with Crippen molar-refractivity contribution in [1.29, 1.82) is 0 Å². The highest BCUT2D eigenvalue weighted by Crippen LogP contribution is 2.31. The van der Waals surface area contributed by atoms with Gasteiger partial charge in [0.25, 0.3) is 0 Å². The van der Waals surface area contributed by atoms with Crippen molar-refractivity contribution in [2.24, 2.45) is 17.8 Å². The average molecular weight is 311 g/mol. The molecule has 7 nitrogen and oxygen atoms in total. The summed E-state index contributed by atoms with van der Waals surface area (Å²) in [5.41, 5.74) is 0.830. The van der Waals surface area contributed by atoms with Crippen LogP contribution in [-0.2, 0) is 14.4 Å². The summed E-state index contributed by atoms with van der Waals surface area (Å²) in [6, 6.07) is -0.883. The molecule has 1 aliphatic rings. The van der Waals surface area contributed by atoms with Crippen LogP contribution in [0.25, 0.3) is 0 Å². The summed E-state index contributed by atoms with van der Waals surface area (Å²) in [6.07, 6.45) is 4.62. The molecule has 0 aromatic carbocycles. The van der Waals surface area contributed by atoms with Crippen molar-refractivity contribution in [1.82, 2.24) is 5.32 Å². The minimum Gasteiger partial charge on any atom is -0.481 e. The molecule has 0 saturated carbocycles. The van der Waals surface area contributed by atoms with E-state index in [9.17, 15) is 14.4 Å². The first-order valence-corrected chi connectivity index (χ1v) is 6.99. The number of rotatable bonds is 7. The zero-order valence-electron chi connectivity index (χ0n) is 12.5. The fourth-order valence-electron chi connectivity index (χ4n) is 2.60. The van der Waals surface area contributed by atoms with Crippen molar-refractivity contribution in [2.45, 2.75) is 26.3 Å². The fourth-order valence-corrected chi connectivity index (χ4v) is 2.60. The normalized spacial score (nSPS) is 27.0. The molecule has 1 rings (SSSR count). The molecule has 4 N–H and O–H groups in total. The first kappa shape index (κ1) is 17.9. The van der Waals surface area contributed by atoms with E-state index < -0.39 is 35.8 Å². The fraction of sp³-hybridized carbons (Fsp3) is 0.533. The van der Waals surface area contributed by atoms with Gasteiger partial charge < -0.3 is 20.6 Å². The molecule has 0 aliphatic carbocycles. The van der Waals surface area contributed by atoms with Crippen LogP contribution in [0.4, 0.5) is 0 Å². The van der Waals surface area contributed by atoms with E-state index in [0.717, 1.165) is 5.57 Å². The Morgan fingerprint density at radius 2 is 1.91 bits per heavy atom. The van der Waals surface area contributed by atoms with Gasteiger partial charge in [-0.1, -0.05) is 23.8 Å². The average Bonchev–Trinajstić information content (AvgIpc) is 2.81. The topological polar surface area (TPSA) is 124 Å². The van der Waals surface area contributed by atoms with E-state index in [4.69, 9.17) is 15.3 Å². The van der Waals surface area contributed by atoms with E-state index in [2.05, 4.69) is 5.32 Å². The number of allylic oxidation sites excluding steroid dienone is 2. The van der Waals surface area contributed by atoms with Crippen LogP contribution >= 0.6 is 0 Å². The van der Waals surface area contributed by atoms with Crippen molar-refractivity contribution in [3.63, 3.8) is 0 Å². The SMILES string of the molecule is CC(=CC=C[C@@H](C)C(=O)O)[C@H]1CN[C@@H](C(=O)O)[C@H]1CC(=O)O. The minimum absolute atomic E-state index is 0.206. The Morgan fingerprint density at radius 1 is 1.27 bits per heavy atom. The maximum Gasteiger partial charge on any atom is 0.321 e. The Morgan fingerprint density at radius 3 is 2.41 bits per heavy atom. The number of carbonyl (C=O) groups is 3. The molecule has 0 bridgehead atoms. The molecule has 0 unspecified atom stereocenters. The summed E-state index contributed by atoms with van der Waals surface area (Å²) in [6.45, 7) is 3.73. The molecular formula is C15H21NO6. The molecule has 1 heterocycles. The Labute approximate surface area is 128 Å². The van der Waals surface area contributed by atoms with Crippen molar-refractivity contribution < 1.29 is 29.7 Å². The van der Waals surface area contributed by atoms with Crippen LogP contribution in [0.1, 0.15) is 20.3 Å². The lowest BCUT2D eigenvalue weighted by molar-refractivity contribution is -0.142. The monoisotopic (exact) mass is 311 g/mol. The van der Waals surface area contributed by atoms with Gasteiger partial charge in [0, 0.05) is 12.5 Å². The number of hydrogen-bond acceptors (Lipinski definition) is 4. The maximum atomic E-state index is 11.2. The van der Waals surface area contributed by atoms with E-state index >= 15 is 0 Å². The summed E-state index contributed by atoms with van der Waals surface area (Å²) < 4.78 is 0. The Balaban J connectivity index is 2.85. The Bertz CT molecular complexity index is 510. The van der Waals surface area contributed by atoms with Crippen LogP contribution in [0.15, 0.2) is 23.8 Å². The van der Waals surface area contributed by atoms with Gasteiger partial charge in [-0.3, -0.25) is 14.4 Å². The van der Waals surface area contributed by atoms with Gasteiger partial charge in [-0.2, -0.15) is 0 Å². The van der Waals surface area contributed by atoms with Gasteiger partial charge in [0.2, 0.25) is 0 Å². The molecule has 7 heteroatoms. The second kappa shape index (κ2) is 7.74. The highest BCUT2D eigenvalue weighted by atomic mass is 16.4. The highest BCUT2D eigenvalue weighted by Gasteiger charge is 2.41. The molecule has 0 radical (unpaired) electrons. The van der Waals surface area contributed by atoms with Gasteiger partial charge in [-0.15, -0.1) is 0 Å². The third kappa shape index (κ3) is 4.70. The van der Waals surface area contributed by atoms with Crippen molar-refractivity contribution in [3.05, 3.63) is 23.8 Å². The molecule has 1 aliphatic heterocycles. The predicted molar refractivity (Wildman–Crippen MR) is 78.4 cm³/mol. The minimum atomic E-state index is -1.06. The Hall–Kier alpha value is -2.15. The van der Waals surface area contributed by atoms with Crippen LogP contribution in [0.5, 0.6) is 0 Å². The molecule has 22 heavy (non-hydrogen) atoms. The van der Waals surface area contributed by atoms with Gasteiger partial charge in [0.05, 0.1) is 12.3 Å². The van der Waals surface area contributed by atoms with Crippen LogP contribution in [0, 0.1) is 17.8 Å². The van der Waals surface area contributed by atoms with Crippen LogP contribution in [0.3, 0.4) is 0 Å². The third-order valence-corrected chi connectivity index (χ3v) is 3.91. The standard InChI is InChI=1S/C15H21NO6/c1-8(4-3-5-9(2)14(19)20)11-7-16-13(15(21)22)10(11)6-12(17)18/h3-5,9-11,13,16H,6-7H2,1-2H3,(H,17,18)(H,19,20)(H,21,22)/t9-,10+,11-,13-/m1/s1. The lowest BCUT2D eigenvalue weighted by Crippen LogP contribution is -2.36. The predicted octanol–water partition coefficient (Wildman–Crippen LogP) is 0.973. The molecule has 1 fully saturated rings. The molecule has 0 amide bonds. The van der Waals surface area contributed by atoms with Crippen molar-refractivity contribution in [2.75, 3.05) is 6.54 Å². The first-order valence-electron chi connectivity index (χ1n) is 6.99. The first-order chi connectivity index (χ1) is 10.2. The summed E-state index contributed by atoms with van der Waals surface area (Å²) in [4.78, 5) is 32.8. The summed E-state index contributed by atoms with van der Waals surface area (Å²) >= 11 is 0. The highest BCUT2D eigenvalue weighted by molar-refractivity contribution is 5.76. The van der Waals surface area contributed by atoms with Crippen molar-refractivity contribution >= 4 is 17.9 Å². The second-order valence-electron chi connectivity index (χ2n) is 5.51. The van der Waals surface area contributed by atoms with Gasteiger partial charge in [0.15, 0.2) is 0 Å². The number of aliphatic carboxylic acids is 3. The number of carboxylic acids is 3. The zero-order chi connectivity index (χ0) is 16.9. The lowest BCUT2D eigenvalue weighted by Gasteiger charge is -2.20. The molecular weight excluding hydrogens is 290 g/mol. The molecule has 0 aromatic heterocycles. The van der Waals surface area contributed by atoms with Gasteiger partial charge in [-0.25, -0.2) is 0 Å². The summed E-state index contributed by atoms with van der Waals surface area (Å²) in [5.74, 6) is -4.38. The summed E-state index contributed by atoms with van der Waals surface area (Å²) in [7, 11) is 0. The van der Waals surface area contributed by atoms with Crippen molar-refractivity contribution in [3.8, 4) is 0 Å². The third-order valence-electron chi connectivity index (χ3n) is 3.91. The van der Waals surface area contributed by atoms with Gasteiger partial charge in [-0.05, 0) is 19.8 Å². The van der Waals surface area contributed by atoms with E-state index in [0.29, 0.717) is 6.54 Å². The maximum absolute atomic E-state index is 11.2. The number of nitrogens with one attached hydrogen (secondary N) is 1. The van der Waals surface area contributed by atoms with E-state index in [1.807, 2.05) is 0 Å². The van der Waals surface area contributed by atoms with Crippen LogP contribution in [-0.4, -0.2) is 45.8 Å². The molecule has 4 atom stereocenters. The lowest BCUT2D eigenvalue weighted by atomic mass is 9.83. The molecule has 1 saturated heterocycles. The van der Waals surface area contributed by atoms with Gasteiger partial charge in [0.1, 0.15) is 6.04 Å². The molecule has 0 aromatic rings. The number of hydrogen-bond donors (Lipinski definition) is 4. The Kier molecular flexibility index (Phi) is 6.30. The quantitative estimate of drug-likeness (QED) is 0.516. The smallest absolute Gasteiger partial charge is 0.321 e. The zero-order valence-corrected chi connectivity index (χ0v) is 12.5. The van der Waals surface area contributed by atoms with Crippen LogP contribution in [0.2, 0.25) is 0 Å². The molecule has 122 valence electrons. The second-order valence-corrected chi connectivity index (χ2v) is 5.51.